The van der Waals surface area contributed by atoms with E-state index in [0.29, 0.717) is 17.2 Å². The molecule has 0 saturated heterocycles. The average Bonchev–Trinajstić information content (AvgIpc) is 3.19. The van der Waals surface area contributed by atoms with Crippen molar-refractivity contribution in [2.45, 2.75) is 34.9 Å². The predicted octanol–water partition coefficient (Wildman–Crippen LogP) is 2.33. The Hall–Kier alpha value is -2.72. The van der Waals surface area contributed by atoms with Gasteiger partial charge in [-0.2, -0.15) is 0 Å². The first-order valence-corrected chi connectivity index (χ1v) is 11.8. The van der Waals surface area contributed by atoms with E-state index < -0.39 is 9.84 Å². The predicted molar refractivity (Wildman–Crippen MR) is 111 cm³/mol. The SMILES string of the molecule is C[C@H]1Sc2ccc(S(=O)(=O)CCC(=O)NCc3ccc4c(c3)OCO4)cc2NC1=O. The highest BCUT2D eigenvalue weighted by molar-refractivity contribution is 8.01. The Balaban J connectivity index is 1.34. The van der Waals surface area contributed by atoms with Crippen LogP contribution in [0.2, 0.25) is 0 Å². The molecule has 2 N–H and O–H groups in total. The fourth-order valence-electron chi connectivity index (χ4n) is 3.07. The summed E-state index contributed by atoms with van der Waals surface area (Å²) in [5.74, 6) is 0.425. The van der Waals surface area contributed by atoms with Crippen LogP contribution >= 0.6 is 11.8 Å². The van der Waals surface area contributed by atoms with Crippen LogP contribution in [-0.2, 0) is 26.0 Å². The van der Waals surface area contributed by atoms with Gasteiger partial charge in [0.25, 0.3) is 0 Å². The highest BCUT2D eigenvalue weighted by atomic mass is 32.2. The van der Waals surface area contributed by atoms with Gasteiger partial charge in [0, 0.05) is 17.9 Å². The van der Waals surface area contributed by atoms with Gasteiger partial charge in [0.2, 0.25) is 18.6 Å². The fraction of sp³-hybridized carbons (Fsp3) is 0.300. The number of amides is 2. The summed E-state index contributed by atoms with van der Waals surface area (Å²) < 4.78 is 35.8. The second-order valence-corrected chi connectivity index (χ2v) is 10.4. The monoisotopic (exact) mass is 448 g/mol. The third-order valence-corrected chi connectivity index (χ3v) is 7.66. The summed E-state index contributed by atoms with van der Waals surface area (Å²) in [7, 11) is -3.67. The van der Waals surface area contributed by atoms with E-state index in [1.165, 1.54) is 23.9 Å². The number of carbonyl (C=O) groups excluding carboxylic acids is 2. The normalized spacial score (nSPS) is 17.2. The van der Waals surface area contributed by atoms with Crippen LogP contribution in [0.3, 0.4) is 0 Å². The first-order valence-electron chi connectivity index (χ1n) is 9.31. The molecule has 0 aliphatic carbocycles. The minimum atomic E-state index is -3.67. The summed E-state index contributed by atoms with van der Waals surface area (Å²) in [5.41, 5.74) is 1.31. The molecule has 30 heavy (non-hydrogen) atoms. The molecule has 2 amide bonds. The van der Waals surface area contributed by atoms with Crippen molar-refractivity contribution in [2.75, 3.05) is 17.9 Å². The van der Waals surface area contributed by atoms with Gasteiger partial charge in [0.05, 0.1) is 21.6 Å². The van der Waals surface area contributed by atoms with Crippen molar-refractivity contribution in [1.29, 1.82) is 0 Å². The highest BCUT2D eigenvalue weighted by Gasteiger charge is 2.25. The van der Waals surface area contributed by atoms with E-state index in [0.717, 1.165) is 10.5 Å². The second kappa shape index (κ2) is 8.19. The average molecular weight is 449 g/mol. The number of benzene rings is 2. The molecule has 2 heterocycles. The van der Waals surface area contributed by atoms with Gasteiger partial charge >= 0.3 is 0 Å². The van der Waals surface area contributed by atoms with Gasteiger partial charge in [-0.25, -0.2) is 8.42 Å². The standard InChI is InChI=1S/C20H20N2O6S2/c1-12-20(24)22-15-9-14(3-5-18(15)29-12)30(25,26)7-6-19(23)21-10-13-2-4-16-17(8-13)28-11-27-16/h2-5,8-9,12H,6-7,10-11H2,1H3,(H,21,23)(H,22,24)/t12-/m1/s1. The van der Waals surface area contributed by atoms with E-state index in [4.69, 9.17) is 9.47 Å². The summed E-state index contributed by atoms with van der Waals surface area (Å²) >= 11 is 1.38. The summed E-state index contributed by atoms with van der Waals surface area (Å²) in [5, 5.41) is 5.21. The van der Waals surface area contributed by atoms with Crippen LogP contribution in [0, 0.1) is 0 Å². The quantitative estimate of drug-likeness (QED) is 0.698. The zero-order chi connectivity index (χ0) is 21.3. The summed E-state index contributed by atoms with van der Waals surface area (Å²) in [6.45, 7) is 2.22. The van der Waals surface area contributed by atoms with Crippen molar-refractivity contribution in [1.82, 2.24) is 5.32 Å². The number of sulfone groups is 1. The molecule has 158 valence electrons. The van der Waals surface area contributed by atoms with Crippen molar-refractivity contribution in [3.05, 3.63) is 42.0 Å². The Kier molecular flexibility index (Phi) is 5.61. The Morgan fingerprint density at radius 1 is 1.20 bits per heavy atom. The molecule has 10 heteroatoms. The van der Waals surface area contributed by atoms with Crippen molar-refractivity contribution in [3.63, 3.8) is 0 Å². The molecule has 2 aromatic rings. The molecule has 0 radical (unpaired) electrons. The molecule has 0 saturated carbocycles. The lowest BCUT2D eigenvalue weighted by molar-refractivity contribution is -0.121. The lowest BCUT2D eigenvalue weighted by Crippen LogP contribution is -2.27. The first kappa shape index (κ1) is 20.5. The van der Waals surface area contributed by atoms with E-state index in [-0.39, 0.29) is 47.5 Å². The van der Waals surface area contributed by atoms with E-state index in [1.54, 1.807) is 25.1 Å². The molecule has 0 spiro atoms. The van der Waals surface area contributed by atoms with Gasteiger partial charge in [-0.05, 0) is 42.8 Å². The fourth-order valence-corrected chi connectivity index (χ4v) is 5.26. The van der Waals surface area contributed by atoms with Gasteiger partial charge in [0.1, 0.15) is 0 Å². The molecular weight excluding hydrogens is 428 g/mol. The summed E-state index contributed by atoms with van der Waals surface area (Å²) in [6.07, 6.45) is -0.165. The van der Waals surface area contributed by atoms with E-state index in [2.05, 4.69) is 10.6 Å². The number of hydrogen-bond acceptors (Lipinski definition) is 7. The van der Waals surface area contributed by atoms with Crippen molar-refractivity contribution < 1.29 is 27.5 Å². The Morgan fingerprint density at radius 2 is 2.00 bits per heavy atom. The van der Waals surface area contributed by atoms with Crippen LogP contribution in [-0.4, -0.2) is 38.0 Å². The number of nitrogens with one attached hydrogen (secondary N) is 2. The molecule has 0 fully saturated rings. The number of hydrogen-bond donors (Lipinski definition) is 2. The van der Waals surface area contributed by atoms with Crippen LogP contribution < -0.4 is 20.1 Å². The third-order valence-electron chi connectivity index (χ3n) is 4.77. The van der Waals surface area contributed by atoms with Crippen molar-refractivity contribution in [3.8, 4) is 11.5 Å². The zero-order valence-electron chi connectivity index (χ0n) is 16.1. The molecule has 2 aliphatic rings. The summed E-state index contributed by atoms with van der Waals surface area (Å²) in [4.78, 5) is 24.9. The maximum Gasteiger partial charge on any atom is 0.237 e. The minimum Gasteiger partial charge on any atom is -0.454 e. The molecule has 8 nitrogen and oxygen atoms in total. The number of thioether (sulfide) groups is 1. The lowest BCUT2D eigenvalue weighted by Gasteiger charge is -2.21. The molecule has 2 aliphatic heterocycles. The van der Waals surface area contributed by atoms with Crippen LogP contribution in [0.4, 0.5) is 5.69 Å². The largest absolute Gasteiger partial charge is 0.454 e. The molecule has 0 unspecified atom stereocenters. The molecule has 1 atom stereocenters. The van der Waals surface area contributed by atoms with Crippen LogP contribution in [0.1, 0.15) is 18.9 Å². The smallest absolute Gasteiger partial charge is 0.237 e. The van der Waals surface area contributed by atoms with Gasteiger partial charge in [-0.3, -0.25) is 9.59 Å². The Morgan fingerprint density at radius 3 is 2.83 bits per heavy atom. The number of carbonyl (C=O) groups is 2. The molecule has 0 aromatic heterocycles. The number of anilines is 1. The van der Waals surface area contributed by atoms with Crippen LogP contribution in [0.25, 0.3) is 0 Å². The second-order valence-electron chi connectivity index (χ2n) is 6.94. The molecule has 4 rings (SSSR count). The van der Waals surface area contributed by atoms with E-state index >= 15 is 0 Å². The van der Waals surface area contributed by atoms with E-state index in [9.17, 15) is 18.0 Å². The van der Waals surface area contributed by atoms with Crippen LogP contribution in [0.5, 0.6) is 11.5 Å². The van der Waals surface area contributed by atoms with Crippen molar-refractivity contribution in [2.24, 2.45) is 0 Å². The van der Waals surface area contributed by atoms with Crippen LogP contribution in [0.15, 0.2) is 46.2 Å². The molecule has 0 bridgehead atoms. The highest BCUT2D eigenvalue weighted by Crippen LogP contribution is 2.37. The maximum absolute atomic E-state index is 12.6. The van der Waals surface area contributed by atoms with Crippen molar-refractivity contribution >= 4 is 39.1 Å². The maximum atomic E-state index is 12.6. The van der Waals surface area contributed by atoms with Gasteiger partial charge in [0.15, 0.2) is 21.3 Å². The molecule has 2 aromatic carbocycles. The Labute approximate surface area is 178 Å². The lowest BCUT2D eigenvalue weighted by atomic mass is 10.2. The number of fused-ring (bicyclic) bond motifs is 2. The minimum absolute atomic E-state index is 0.0836. The third kappa shape index (κ3) is 4.39. The topological polar surface area (TPSA) is 111 Å². The van der Waals surface area contributed by atoms with E-state index in [1.807, 2.05) is 6.07 Å². The first-order chi connectivity index (χ1) is 14.3. The number of rotatable bonds is 6. The number of ether oxygens (including phenoxy) is 2. The van der Waals surface area contributed by atoms with Gasteiger partial charge < -0.3 is 20.1 Å². The zero-order valence-corrected chi connectivity index (χ0v) is 17.8. The summed E-state index contributed by atoms with van der Waals surface area (Å²) in [6, 6.07) is 10.00. The van der Waals surface area contributed by atoms with Gasteiger partial charge in [-0.1, -0.05) is 6.07 Å². The molecular formula is C20H20N2O6S2. The van der Waals surface area contributed by atoms with Gasteiger partial charge in [-0.15, -0.1) is 11.8 Å². The Bertz CT molecular complexity index is 1120.